The lowest BCUT2D eigenvalue weighted by Crippen LogP contribution is -2.44. The fourth-order valence-electron chi connectivity index (χ4n) is 5.97. The zero-order valence-corrected chi connectivity index (χ0v) is 12.5. The molecule has 6 atom stereocenters. The van der Waals surface area contributed by atoms with Crippen molar-refractivity contribution < 1.29 is 0 Å². The summed E-state index contributed by atoms with van der Waals surface area (Å²) in [4.78, 5) is 2.51. The number of nitrogens with one attached hydrogen (secondary N) is 1. The molecule has 0 aromatic heterocycles. The van der Waals surface area contributed by atoms with Crippen LogP contribution in [-0.4, -0.2) is 37.1 Å². The highest BCUT2D eigenvalue weighted by atomic mass is 15.1. The molecule has 3 saturated carbocycles. The van der Waals surface area contributed by atoms with Gasteiger partial charge in [-0.05, 0) is 88.8 Å². The first kappa shape index (κ1) is 12.6. The quantitative estimate of drug-likeness (QED) is 0.823. The SMILES string of the molecule is CN1CCCC(NC2CC3CC2C2CCCC32)CC1. The molecule has 0 spiro atoms. The lowest BCUT2D eigenvalue weighted by atomic mass is 9.79. The minimum absolute atomic E-state index is 0.814. The third-order valence-electron chi connectivity index (χ3n) is 6.83. The Morgan fingerprint density at radius 1 is 0.842 bits per heavy atom. The van der Waals surface area contributed by atoms with Crippen LogP contribution in [0.15, 0.2) is 0 Å². The van der Waals surface area contributed by atoms with Crippen LogP contribution < -0.4 is 5.32 Å². The fraction of sp³-hybridized carbons (Fsp3) is 1.00. The average Bonchev–Trinajstić information content (AvgIpc) is 3.04. The van der Waals surface area contributed by atoms with Gasteiger partial charge in [0.25, 0.3) is 0 Å². The number of fused-ring (bicyclic) bond motifs is 5. The first-order valence-electron chi connectivity index (χ1n) is 8.76. The largest absolute Gasteiger partial charge is 0.311 e. The highest BCUT2D eigenvalue weighted by molar-refractivity contribution is 5.06. The number of hydrogen-bond donors (Lipinski definition) is 1. The molecule has 4 rings (SSSR count). The lowest BCUT2D eigenvalue weighted by molar-refractivity contribution is 0.194. The predicted octanol–water partition coefficient (Wildman–Crippen LogP) is 2.89. The van der Waals surface area contributed by atoms with Crippen LogP contribution in [0.1, 0.15) is 51.4 Å². The highest BCUT2D eigenvalue weighted by Crippen LogP contribution is 2.58. The van der Waals surface area contributed by atoms with Crippen molar-refractivity contribution in [3.63, 3.8) is 0 Å². The molecule has 1 aliphatic heterocycles. The number of rotatable bonds is 2. The molecule has 0 amide bonds. The number of nitrogens with zero attached hydrogens (tertiary/aromatic N) is 1. The van der Waals surface area contributed by atoms with Gasteiger partial charge in [-0.3, -0.25) is 0 Å². The van der Waals surface area contributed by atoms with Gasteiger partial charge in [0, 0.05) is 12.1 Å². The second-order valence-corrected chi connectivity index (χ2v) is 7.86. The van der Waals surface area contributed by atoms with Gasteiger partial charge in [-0.25, -0.2) is 0 Å². The molecule has 2 heteroatoms. The van der Waals surface area contributed by atoms with E-state index in [1.54, 1.807) is 19.3 Å². The standard InChI is InChI=1S/C17H30N2/c1-19-8-3-4-13(7-9-19)18-17-11-12-10-16(17)15-6-2-5-14(12)15/h12-18H,2-11H2,1H3. The minimum atomic E-state index is 0.814. The van der Waals surface area contributed by atoms with Crippen LogP contribution in [0.4, 0.5) is 0 Å². The van der Waals surface area contributed by atoms with Gasteiger partial charge in [-0.2, -0.15) is 0 Å². The highest BCUT2D eigenvalue weighted by Gasteiger charge is 2.53. The second kappa shape index (κ2) is 5.04. The van der Waals surface area contributed by atoms with Crippen molar-refractivity contribution >= 4 is 0 Å². The van der Waals surface area contributed by atoms with E-state index in [0.717, 1.165) is 35.8 Å². The van der Waals surface area contributed by atoms with Crippen LogP contribution in [0, 0.1) is 23.7 Å². The Balaban J connectivity index is 1.36. The van der Waals surface area contributed by atoms with E-state index in [-0.39, 0.29) is 0 Å². The predicted molar refractivity (Wildman–Crippen MR) is 79.1 cm³/mol. The summed E-state index contributed by atoms with van der Waals surface area (Å²) < 4.78 is 0. The van der Waals surface area contributed by atoms with E-state index in [0.29, 0.717) is 0 Å². The number of hydrogen-bond acceptors (Lipinski definition) is 2. The Bertz CT molecular complexity index is 329. The van der Waals surface area contributed by atoms with E-state index < -0.39 is 0 Å². The summed E-state index contributed by atoms with van der Waals surface area (Å²) in [7, 11) is 2.28. The summed E-state index contributed by atoms with van der Waals surface area (Å²) in [5.41, 5.74) is 0. The van der Waals surface area contributed by atoms with Crippen molar-refractivity contribution in [3.8, 4) is 0 Å². The van der Waals surface area contributed by atoms with E-state index >= 15 is 0 Å². The lowest BCUT2D eigenvalue weighted by Gasteiger charge is -2.34. The summed E-state index contributed by atoms with van der Waals surface area (Å²) in [6, 6.07) is 1.70. The van der Waals surface area contributed by atoms with Gasteiger partial charge in [0.15, 0.2) is 0 Å². The van der Waals surface area contributed by atoms with Gasteiger partial charge < -0.3 is 10.2 Å². The van der Waals surface area contributed by atoms with Crippen molar-refractivity contribution in [1.29, 1.82) is 0 Å². The Morgan fingerprint density at radius 2 is 1.74 bits per heavy atom. The van der Waals surface area contributed by atoms with Crippen molar-refractivity contribution in [3.05, 3.63) is 0 Å². The second-order valence-electron chi connectivity index (χ2n) is 7.86. The Kier molecular flexibility index (Phi) is 3.35. The molecule has 6 unspecified atom stereocenters. The van der Waals surface area contributed by atoms with E-state index in [1.807, 2.05) is 0 Å². The van der Waals surface area contributed by atoms with Crippen molar-refractivity contribution in [2.75, 3.05) is 20.1 Å². The van der Waals surface area contributed by atoms with Gasteiger partial charge in [0.1, 0.15) is 0 Å². The Morgan fingerprint density at radius 3 is 2.68 bits per heavy atom. The molecule has 0 aromatic rings. The first-order chi connectivity index (χ1) is 9.31. The molecular formula is C17H30N2. The van der Waals surface area contributed by atoms with Gasteiger partial charge in [0.05, 0.1) is 0 Å². The molecule has 1 N–H and O–H groups in total. The van der Waals surface area contributed by atoms with Crippen molar-refractivity contribution in [2.24, 2.45) is 23.7 Å². The molecule has 2 nitrogen and oxygen atoms in total. The van der Waals surface area contributed by atoms with Crippen LogP contribution in [0.25, 0.3) is 0 Å². The van der Waals surface area contributed by atoms with E-state index in [9.17, 15) is 0 Å². The summed E-state index contributed by atoms with van der Waals surface area (Å²) in [5, 5.41) is 4.10. The third kappa shape index (κ3) is 2.25. The van der Waals surface area contributed by atoms with Crippen molar-refractivity contribution in [2.45, 2.75) is 63.5 Å². The van der Waals surface area contributed by atoms with Crippen LogP contribution >= 0.6 is 0 Å². The van der Waals surface area contributed by atoms with Gasteiger partial charge in [-0.1, -0.05) is 6.42 Å². The van der Waals surface area contributed by atoms with Crippen LogP contribution in [0.3, 0.4) is 0 Å². The molecule has 4 aliphatic rings. The summed E-state index contributed by atoms with van der Waals surface area (Å²) in [6.45, 7) is 2.60. The Hall–Kier alpha value is -0.0800. The molecule has 108 valence electrons. The summed E-state index contributed by atoms with van der Waals surface area (Å²) in [6.07, 6.45) is 11.9. The first-order valence-corrected chi connectivity index (χ1v) is 8.76. The van der Waals surface area contributed by atoms with Crippen LogP contribution in [0.5, 0.6) is 0 Å². The minimum Gasteiger partial charge on any atom is -0.311 e. The molecule has 1 saturated heterocycles. The monoisotopic (exact) mass is 262 g/mol. The molecular weight excluding hydrogens is 232 g/mol. The maximum Gasteiger partial charge on any atom is 0.0103 e. The maximum absolute atomic E-state index is 4.10. The van der Waals surface area contributed by atoms with E-state index in [4.69, 9.17) is 0 Å². The zero-order valence-electron chi connectivity index (χ0n) is 12.5. The van der Waals surface area contributed by atoms with Crippen LogP contribution in [0.2, 0.25) is 0 Å². The van der Waals surface area contributed by atoms with E-state index in [1.165, 1.54) is 45.2 Å². The van der Waals surface area contributed by atoms with Gasteiger partial charge >= 0.3 is 0 Å². The van der Waals surface area contributed by atoms with Crippen LogP contribution in [-0.2, 0) is 0 Å². The summed E-state index contributed by atoms with van der Waals surface area (Å²) in [5.74, 6) is 4.41. The Labute approximate surface area is 118 Å². The topological polar surface area (TPSA) is 15.3 Å². The molecule has 19 heavy (non-hydrogen) atoms. The zero-order chi connectivity index (χ0) is 12.8. The number of likely N-dealkylation sites (tertiary alicyclic amines) is 1. The van der Waals surface area contributed by atoms with Gasteiger partial charge in [0.2, 0.25) is 0 Å². The van der Waals surface area contributed by atoms with Crippen molar-refractivity contribution in [1.82, 2.24) is 10.2 Å². The fourth-order valence-corrected chi connectivity index (χ4v) is 5.97. The molecule has 0 radical (unpaired) electrons. The summed E-state index contributed by atoms with van der Waals surface area (Å²) >= 11 is 0. The smallest absolute Gasteiger partial charge is 0.0103 e. The maximum atomic E-state index is 4.10. The molecule has 2 bridgehead atoms. The van der Waals surface area contributed by atoms with Gasteiger partial charge in [-0.15, -0.1) is 0 Å². The molecule has 1 heterocycles. The molecule has 0 aromatic carbocycles. The third-order valence-corrected chi connectivity index (χ3v) is 6.83. The molecule has 4 fully saturated rings. The van der Waals surface area contributed by atoms with E-state index in [2.05, 4.69) is 17.3 Å². The molecule has 3 aliphatic carbocycles. The average molecular weight is 262 g/mol. The normalized spacial score (nSPS) is 50.4.